The summed E-state index contributed by atoms with van der Waals surface area (Å²) in [6.45, 7) is 0. The van der Waals surface area contributed by atoms with E-state index in [0.29, 0.717) is 0 Å². The van der Waals surface area contributed by atoms with Gasteiger partial charge in [0.15, 0.2) is 0 Å². The highest BCUT2D eigenvalue weighted by molar-refractivity contribution is 6.95. The van der Waals surface area contributed by atoms with Crippen molar-refractivity contribution in [1.29, 1.82) is 0 Å². The summed E-state index contributed by atoms with van der Waals surface area (Å²) in [5.41, 5.74) is 5.55. The van der Waals surface area contributed by atoms with Crippen LogP contribution in [0, 0.1) is 0 Å². The van der Waals surface area contributed by atoms with Crippen LogP contribution in [-0.2, 0) is 0 Å². The van der Waals surface area contributed by atoms with Gasteiger partial charge in [0.2, 0.25) is 0 Å². The van der Waals surface area contributed by atoms with Gasteiger partial charge in [0.1, 0.15) is 0 Å². The van der Waals surface area contributed by atoms with E-state index in [1.165, 1.54) is 35.5 Å². The first kappa shape index (κ1) is 19.6. The number of rotatable bonds is 4. The average Bonchev–Trinajstić information content (AvgIpc) is 3.51. The largest absolute Gasteiger partial charge is 0.383 e. The number of benzene rings is 5. The Morgan fingerprint density at radius 1 is 0.323 bits per heavy atom. The zero-order valence-electron chi connectivity index (χ0n) is 17.4. The predicted octanol–water partition coefficient (Wildman–Crippen LogP) is 5.54. The molecule has 2 aliphatic rings. The third-order valence-electron chi connectivity index (χ3n) is 5.73. The van der Waals surface area contributed by atoms with Gasteiger partial charge in [-0.25, -0.2) is 0 Å². The summed E-state index contributed by atoms with van der Waals surface area (Å²) in [4.78, 5) is 0. The quantitative estimate of drug-likeness (QED) is 0.335. The molecule has 0 unspecified atom stereocenters. The molecule has 0 heterocycles. The molecule has 4 aromatic carbocycles. The molecule has 146 valence electrons. The lowest BCUT2D eigenvalue weighted by molar-refractivity contribution is 1.68. The van der Waals surface area contributed by atoms with Gasteiger partial charge in [-0.1, -0.05) is 147 Å². The second kappa shape index (κ2) is 9.19. The van der Waals surface area contributed by atoms with Gasteiger partial charge in [-0.05, 0) is 28.3 Å². The van der Waals surface area contributed by atoms with Crippen molar-refractivity contribution in [3.05, 3.63) is 140 Å². The van der Waals surface area contributed by atoms with Crippen LogP contribution in [0.5, 0.6) is 0 Å². The highest BCUT2D eigenvalue weighted by Crippen LogP contribution is 2.43. The Hall–Kier alpha value is -3.37. The van der Waals surface area contributed by atoms with E-state index in [2.05, 4.69) is 140 Å². The third kappa shape index (κ3) is 4.54. The Labute approximate surface area is 188 Å². The fourth-order valence-electron chi connectivity index (χ4n) is 4.14. The summed E-state index contributed by atoms with van der Waals surface area (Å²) in [7, 11) is 0. The molecule has 31 heavy (non-hydrogen) atoms. The van der Waals surface area contributed by atoms with Crippen molar-refractivity contribution in [2.45, 2.75) is 0 Å². The predicted molar refractivity (Wildman–Crippen MR) is 135 cm³/mol. The lowest BCUT2D eigenvalue weighted by atomic mass is 10.1. The lowest BCUT2D eigenvalue weighted by Crippen LogP contribution is -2.51. The first-order valence-electron chi connectivity index (χ1n) is 10.7. The highest BCUT2D eigenvalue weighted by atomic mass is 27.2. The van der Waals surface area contributed by atoms with E-state index >= 15 is 0 Å². The van der Waals surface area contributed by atoms with Crippen LogP contribution in [0.3, 0.4) is 0 Å². The second-order valence-electron chi connectivity index (χ2n) is 7.79. The van der Waals surface area contributed by atoms with E-state index in [0.717, 1.165) is 0 Å². The van der Waals surface area contributed by atoms with E-state index in [1.807, 2.05) is 0 Å². The van der Waals surface area contributed by atoms with Crippen LogP contribution in [-0.4, -0.2) is 14.1 Å². The first-order chi connectivity index (χ1) is 15.4. The second-order valence-corrected chi connectivity index (χ2v) is 10.7. The first-order valence-corrected chi connectivity index (χ1v) is 12.5. The van der Waals surface area contributed by atoms with Crippen molar-refractivity contribution in [2.75, 3.05) is 0 Å². The van der Waals surface area contributed by atoms with E-state index in [9.17, 15) is 0 Å². The molecule has 0 aromatic heterocycles. The Bertz CT molecular complexity index is 1150. The SMILES string of the molecule is c1cc[c]([Al]([c]2ccccc2)[c]2ccccc2)cc1.c1ccc(-c2ccc3cc2-3)cc1. The third-order valence-corrected chi connectivity index (χ3v) is 8.89. The molecule has 6 rings (SSSR count). The maximum absolute atomic E-state index is 2.26. The molecule has 0 atom stereocenters. The molecule has 0 nitrogen and oxygen atoms in total. The van der Waals surface area contributed by atoms with Gasteiger partial charge in [0, 0.05) is 0 Å². The van der Waals surface area contributed by atoms with E-state index in [1.54, 1.807) is 0 Å². The van der Waals surface area contributed by atoms with Crippen molar-refractivity contribution in [1.82, 2.24) is 0 Å². The van der Waals surface area contributed by atoms with Crippen LogP contribution in [0.15, 0.2) is 140 Å². The Morgan fingerprint density at radius 2 is 0.742 bits per heavy atom. The summed E-state index contributed by atoms with van der Waals surface area (Å²) in [5, 5.41) is 0. The standard InChI is InChI=1S/C12H8.3C6H5.Al/c1-2-4-9(5-3-1)11-7-6-10-8-12(10)11;3*1-2-4-6-5-3-1;/h1-8H;3*1-5H;. The van der Waals surface area contributed by atoms with Gasteiger partial charge in [-0.15, -0.1) is 0 Å². The Morgan fingerprint density at radius 3 is 1.10 bits per heavy atom. The van der Waals surface area contributed by atoms with Crippen molar-refractivity contribution in [3.63, 3.8) is 0 Å². The van der Waals surface area contributed by atoms with Crippen molar-refractivity contribution in [2.24, 2.45) is 0 Å². The zero-order valence-corrected chi connectivity index (χ0v) is 18.5. The minimum atomic E-state index is -1.31. The normalized spacial score (nSPS) is 10.6. The summed E-state index contributed by atoms with van der Waals surface area (Å²) < 4.78 is 4.42. The van der Waals surface area contributed by atoms with Gasteiger partial charge in [0.05, 0.1) is 0 Å². The molecule has 1 heteroatoms. The zero-order chi connectivity index (χ0) is 20.9. The smallest absolute Gasteiger partial charge is 0.0986 e. The van der Waals surface area contributed by atoms with Crippen LogP contribution in [0.4, 0.5) is 0 Å². The number of hydrogen-bond acceptors (Lipinski definition) is 0. The highest BCUT2D eigenvalue weighted by Gasteiger charge is 2.24. The van der Waals surface area contributed by atoms with Gasteiger partial charge in [-0.2, -0.15) is 0 Å². The van der Waals surface area contributed by atoms with Crippen LogP contribution < -0.4 is 13.3 Å². The van der Waals surface area contributed by atoms with Crippen LogP contribution >= 0.6 is 0 Å². The average molecular weight is 410 g/mol. The maximum Gasteiger partial charge on any atom is 0.383 e. The molecule has 0 amide bonds. The summed E-state index contributed by atoms with van der Waals surface area (Å²) in [5.74, 6) is 0. The van der Waals surface area contributed by atoms with Crippen molar-refractivity contribution >= 4 is 27.4 Å². The number of fused-ring (bicyclic) bond motifs is 1. The van der Waals surface area contributed by atoms with Gasteiger partial charge in [-0.3, -0.25) is 0 Å². The molecule has 0 saturated carbocycles. The summed E-state index contributed by atoms with van der Waals surface area (Å²) in [6, 6.07) is 49.8. The molecule has 4 aromatic rings. The molecule has 0 saturated heterocycles. The Kier molecular flexibility index (Phi) is 5.81. The maximum atomic E-state index is 2.26. The molecule has 0 spiro atoms. The van der Waals surface area contributed by atoms with Gasteiger partial charge in [0.25, 0.3) is 0 Å². The molecule has 2 aliphatic carbocycles. The molecule has 0 aliphatic heterocycles. The van der Waals surface area contributed by atoms with E-state index < -0.39 is 14.1 Å². The van der Waals surface area contributed by atoms with Crippen LogP contribution in [0.1, 0.15) is 0 Å². The van der Waals surface area contributed by atoms with Crippen molar-refractivity contribution in [3.8, 4) is 22.3 Å². The summed E-state index contributed by atoms with van der Waals surface area (Å²) in [6.07, 6.45) is 0. The summed E-state index contributed by atoms with van der Waals surface area (Å²) >= 11 is -1.31. The number of hydrogen-bond donors (Lipinski definition) is 0. The fourth-order valence-corrected chi connectivity index (χ4v) is 7.11. The monoisotopic (exact) mass is 410 g/mol. The lowest BCUT2D eigenvalue weighted by Gasteiger charge is -2.13. The van der Waals surface area contributed by atoms with Gasteiger partial charge < -0.3 is 0 Å². The molecular formula is C30H23Al. The van der Waals surface area contributed by atoms with Crippen molar-refractivity contribution < 1.29 is 0 Å². The minimum Gasteiger partial charge on any atom is -0.0986 e. The van der Waals surface area contributed by atoms with Crippen LogP contribution in [0.25, 0.3) is 22.3 Å². The van der Waals surface area contributed by atoms with Crippen LogP contribution in [0.2, 0.25) is 0 Å². The molecule has 0 fully saturated rings. The molecule has 0 bridgehead atoms. The van der Waals surface area contributed by atoms with E-state index in [4.69, 9.17) is 0 Å². The van der Waals surface area contributed by atoms with E-state index in [-0.39, 0.29) is 0 Å². The molecule has 0 radical (unpaired) electrons. The molecule has 0 N–H and O–H groups in total. The van der Waals surface area contributed by atoms with Gasteiger partial charge >= 0.3 is 14.1 Å². The Balaban J connectivity index is 0.000000145. The molecular weight excluding hydrogens is 387 g/mol. The topological polar surface area (TPSA) is 0 Å². The minimum absolute atomic E-state index is 1.31. The fraction of sp³-hybridized carbons (Fsp3) is 0.